The van der Waals surface area contributed by atoms with Crippen LogP contribution in [-0.4, -0.2) is 33.1 Å². The van der Waals surface area contributed by atoms with Crippen molar-refractivity contribution in [2.75, 3.05) is 10.6 Å². The maximum Gasteiger partial charge on any atom is 0.271 e. The monoisotopic (exact) mass is 395 g/mol. The maximum atomic E-state index is 12.0. The molecule has 2 aromatic heterocycles. The van der Waals surface area contributed by atoms with E-state index in [-0.39, 0.29) is 17.8 Å². The molecule has 0 saturated heterocycles. The van der Waals surface area contributed by atoms with Crippen LogP contribution in [0.1, 0.15) is 48.8 Å². The van der Waals surface area contributed by atoms with Crippen LogP contribution in [-0.2, 0) is 6.42 Å². The number of amides is 1. The molecule has 1 saturated carbocycles. The number of carbonyl (C=O) groups is 1. The van der Waals surface area contributed by atoms with Gasteiger partial charge in [0.1, 0.15) is 11.4 Å². The minimum atomic E-state index is -0.633. The van der Waals surface area contributed by atoms with Crippen molar-refractivity contribution in [3.63, 3.8) is 0 Å². The Hall–Kier alpha value is -3.13. The molecule has 1 aromatic carbocycles. The minimum Gasteiger partial charge on any atom is -0.464 e. The van der Waals surface area contributed by atoms with Gasteiger partial charge in [-0.25, -0.2) is 9.97 Å². The molecule has 5 N–H and O–H groups in total. The lowest BCUT2D eigenvalue weighted by molar-refractivity contribution is 0.0996. The first-order valence-electron chi connectivity index (χ1n) is 9.93. The van der Waals surface area contributed by atoms with E-state index in [1.54, 1.807) is 6.26 Å². The highest BCUT2D eigenvalue weighted by Crippen LogP contribution is 2.27. The van der Waals surface area contributed by atoms with E-state index in [4.69, 9.17) is 10.2 Å². The molecule has 1 aliphatic rings. The average Bonchev–Trinajstić information content (AvgIpc) is 3.17. The fourth-order valence-electron chi connectivity index (χ4n) is 3.69. The SMILES string of the molecule is CCc1nc(C(N)=O)c(Nc2ccc3occc3c2)nc1NC1CCC(O)CC1. The van der Waals surface area contributed by atoms with Crippen LogP contribution < -0.4 is 16.4 Å². The summed E-state index contributed by atoms with van der Waals surface area (Å²) in [4.78, 5) is 21.2. The van der Waals surface area contributed by atoms with Crippen LogP contribution >= 0.6 is 0 Å². The normalized spacial score (nSPS) is 19.2. The molecule has 3 aromatic rings. The van der Waals surface area contributed by atoms with E-state index in [0.717, 1.165) is 42.3 Å². The third-order valence-corrected chi connectivity index (χ3v) is 5.29. The van der Waals surface area contributed by atoms with E-state index in [0.29, 0.717) is 23.8 Å². The Bertz CT molecular complexity index is 1020. The Balaban J connectivity index is 1.65. The molecule has 0 spiro atoms. The van der Waals surface area contributed by atoms with Crippen molar-refractivity contribution in [3.8, 4) is 0 Å². The van der Waals surface area contributed by atoms with Gasteiger partial charge in [-0.3, -0.25) is 4.79 Å². The summed E-state index contributed by atoms with van der Waals surface area (Å²) in [7, 11) is 0. The van der Waals surface area contributed by atoms with Crippen LogP contribution in [0.4, 0.5) is 17.3 Å². The smallest absolute Gasteiger partial charge is 0.271 e. The number of anilines is 3. The summed E-state index contributed by atoms with van der Waals surface area (Å²) in [5, 5.41) is 17.3. The summed E-state index contributed by atoms with van der Waals surface area (Å²) in [6.45, 7) is 1.96. The molecule has 152 valence electrons. The molecule has 0 bridgehead atoms. The van der Waals surface area contributed by atoms with Gasteiger partial charge in [0.15, 0.2) is 11.5 Å². The second-order valence-corrected chi connectivity index (χ2v) is 7.38. The molecule has 1 amide bonds. The number of furan rings is 1. The molecule has 0 atom stereocenters. The van der Waals surface area contributed by atoms with Gasteiger partial charge >= 0.3 is 0 Å². The molecule has 0 aliphatic heterocycles. The summed E-state index contributed by atoms with van der Waals surface area (Å²) < 4.78 is 5.37. The fourth-order valence-corrected chi connectivity index (χ4v) is 3.69. The second-order valence-electron chi connectivity index (χ2n) is 7.38. The van der Waals surface area contributed by atoms with Crippen molar-refractivity contribution in [1.82, 2.24) is 9.97 Å². The first-order chi connectivity index (χ1) is 14.0. The zero-order chi connectivity index (χ0) is 20.4. The highest BCUT2D eigenvalue weighted by molar-refractivity contribution is 5.97. The Labute approximate surface area is 168 Å². The third-order valence-electron chi connectivity index (χ3n) is 5.29. The highest BCUT2D eigenvalue weighted by Gasteiger charge is 2.23. The van der Waals surface area contributed by atoms with Crippen molar-refractivity contribution < 1.29 is 14.3 Å². The van der Waals surface area contributed by atoms with E-state index in [9.17, 15) is 9.90 Å². The van der Waals surface area contributed by atoms with Crippen molar-refractivity contribution in [3.05, 3.63) is 41.9 Å². The molecule has 1 fully saturated rings. The van der Waals surface area contributed by atoms with Crippen LogP contribution in [0.15, 0.2) is 34.9 Å². The lowest BCUT2D eigenvalue weighted by Crippen LogP contribution is -2.29. The van der Waals surface area contributed by atoms with Crippen LogP contribution in [0, 0.1) is 0 Å². The van der Waals surface area contributed by atoms with Crippen LogP contribution in [0.2, 0.25) is 0 Å². The molecular weight excluding hydrogens is 370 g/mol. The minimum absolute atomic E-state index is 0.110. The van der Waals surface area contributed by atoms with Gasteiger partial charge in [-0.05, 0) is 56.4 Å². The molecule has 1 aliphatic carbocycles. The quantitative estimate of drug-likeness (QED) is 0.504. The van der Waals surface area contributed by atoms with Gasteiger partial charge in [0.2, 0.25) is 0 Å². The summed E-state index contributed by atoms with van der Waals surface area (Å²) in [5.41, 5.74) is 7.91. The van der Waals surface area contributed by atoms with Crippen LogP contribution in [0.25, 0.3) is 11.0 Å². The highest BCUT2D eigenvalue weighted by atomic mass is 16.3. The number of nitrogens with two attached hydrogens (primary N) is 1. The molecule has 29 heavy (non-hydrogen) atoms. The molecule has 4 rings (SSSR count). The lowest BCUT2D eigenvalue weighted by Gasteiger charge is -2.27. The number of nitrogens with one attached hydrogen (secondary N) is 2. The van der Waals surface area contributed by atoms with Crippen LogP contribution in [0.5, 0.6) is 0 Å². The number of aliphatic hydroxyl groups excluding tert-OH is 1. The summed E-state index contributed by atoms with van der Waals surface area (Å²) >= 11 is 0. The molecule has 0 radical (unpaired) electrons. The Morgan fingerprint density at radius 2 is 2.00 bits per heavy atom. The van der Waals surface area contributed by atoms with E-state index >= 15 is 0 Å². The van der Waals surface area contributed by atoms with Gasteiger partial charge in [0.05, 0.1) is 18.1 Å². The summed E-state index contributed by atoms with van der Waals surface area (Å²) in [6.07, 6.45) is 5.28. The molecule has 0 unspecified atom stereocenters. The Kier molecular flexibility index (Phi) is 5.35. The van der Waals surface area contributed by atoms with E-state index in [1.807, 2.05) is 31.2 Å². The number of aryl methyl sites for hydroxylation is 1. The predicted molar refractivity (Wildman–Crippen MR) is 111 cm³/mol. The van der Waals surface area contributed by atoms with E-state index in [1.165, 1.54) is 0 Å². The van der Waals surface area contributed by atoms with Gasteiger partial charge in [-0.1, -0.05) is 6.92 Å². The van der Waals surface area contributed by atoms with Gasteiger partial charge in [0, 0.05) is 17.1 Å². The first kappa shape index (κ1) is 19.2. The number of carbonyl (C=O) groups excluding carboxylic acids is 1. The molecule has 8 nitrogen and oxygen atoms in total. The number of rotatable bonds is 6. The van der Waals surface area contributed by atoms with Crippen molar-refractivity contribution in [2.24, 2.45) is 5.73 Å². The Morgan fingerprint density at radius 1 is 1.21 bits per heavy atom. The molecular formula is C21H25N5O3. The molecule has 8 heteroatoms. The summed E-state index contributed by atoms with van der Waals surface area (Å²) in [5.74, 6) is 0.327. The Morgan fingerprint density at radius 3 is 2.72 bits per heavy atom. The van der Waals surface area contributed by atoms with Crippen molar-refractivity contribution in [2.45, 2.75) is 51.2 Å². The number of fused-ring (bicyclic) bond motifs is 1. The fraction of sp³-hybridized carbons (Fsp3) is 0.381. The number of hydrogen-bond donors (Lipinski definition) is 4. The lowest BCUT2D eigenvalue weighted by atomic mass is 9.93. The second kappa shape index (κ2) is 8.08. The van der Waals surface area contributed by atoms with Crippen molar-refractivity contribution in [1.29, 1.82) is 0 Å². The predicted octanol–water partition coefficient (Wildman–Crippen LogP) is 3.34. The van der Waals surface area contributed by atoms with Gasteiger partial charge in [0.25, 0.3) is 5.91 Å². The third kappa shape index (κ3) is 4.17. The number of nitrogens with zero attached hydrogens (tertiary/aromatic N) is 2. The van der Waals surface area contributed by atoms with E-state index < -0.39 is 5.91 Å². The van der Waals surface area contributed by atoms with Gasteiger partial charge < -0.3 is 25.9 Å². The molecule has 2 heterocycles. The topological polar surface area (TPSA) is 126 Å². The largest absolute Gasteiger partial charge is 0.464 e. The zero-order valence-electron chi connectivity index (χ0n) is 16.3. The van der Waals surface area contributed by atoms with Crippen molar-refractivity contribution >= 4 is 34.2 Å². The maximum absolute atomic E-state index is 12.0. The first-order valence-corrected chi connectivity index (χ1v) is 9.93. The number of hydrogen-bond acceptors (Lipinski definition) is 7. The standard InChI is InChI=1S/C21H25N5O3/c1-2-16-20(23-13-3-6-15(27)7-4-13)26-21(18(25-16)19(22)28)24-14-5-8-17-12(11-14)9-10-29-17/h5,8-11,13,15,27H,2-4,6-7H2,1H3,(H2,22,28)(H2,23,24,26). The van der Waals surface area contributed by atoms with Gasteiger partial charge in [-0.2, -0.15) is 0 Å². The number of benzene rings is 1. The summed E-state index contributed by atoms with van der Waals surface area (Å²) in [6, 6.07) is 7.69. The van der Waals surface area contributed by atoms with E-state index in [2.05, 4.69) is 20.6 Å². The average molecular weight is 395 g/mol. The van der Waals surface area contributed by atoms with Gasteiger partial charge in [-0.15, -0.1) is 0 Å². The number of aliphatic hydroxyl groups is 1. The zero-order valence-corrected chi connectivity index (χ0v) is 16.3. The number of aromatic nitrogens is 2. The van der Waals surface area contributed by atoms with Crippen LogP contribution in [0.3, 0.4) is 0 Å². The number of primary amides is 1.